The van der Waals surface area contributed by atoms with Gasteiger partial charge in [0, 0.05) is 23.3 Å². The van der Waals surface area contributed by atoms with E-state index in [1.54, 1.807) is 42.5 Å². The molecule has 4 rings (SSSR count). The molecular weight excluding hydrogens is 504 g/mol. The number of non-ortho nitro benzene ring substituents is 1. The van der Waals surface area contributed by atoms with Gasteiger partial charge in [-0.2, -0.15) is 9.89 Å². The average Bonchev–Trinajstić information content (AvgIpc) is 3.26. The van der Waals surface area contributed by atoms with Crippen molar-refractivity contribution in [1.29, 1.82) is 0 Å². The van der Waals surface area contributed by atoms with E-state index >= 15 is 0 Å². The maximum Gasteiger partial charge on any atom is 0.425 e. The van der Waals surface area contributed by atoms with Crippen molar-refractivity contribution in [3.63, 3.8) is 0 Å². The first-order chi connectivity index (χ1) is 17.8. The molecule has 0 spiro atoms. The molecule has 3 amide bonds. The highest BCUT2D eigenvalue weighted by atomic mass is 35.5. The van der Waals surface area contributed by atoms with Crippen LogP contribution < -0.4 is 16.3 Å². The third-order valence-corrected chi connectivity index (χ3v) is 5.43. The van der Waals surface area contributed by atoms with Crippen LogP contribution in [0.1, 0.15) is 20.8 Å². The molecule has 0 saturated carbocycles. The first-order valence-corrected chi connectivity index (χ1v) is 10.9. The lowest BCUT2D eigenvalue weighted by molar-refractivity contribution is -0.384. The van der Waals surface area contributed by atoms with Crippen molar-refractivity contribution in [3.05, 3.63) is 105 Å². The molecule has 3 aromatic carbocycles. The third-order valence-electron chi connectivity index (χ3n) is 5.10. The van der Waals surface area contributed by atoms with Gasteiger partial charge in [-0.3, -0.25) is 30.6 Å². The van der Waals surface area contributed by atoms with E-state index in [9.17, 15) is 29.6 Å². The summed E-state index contributed by atoms with van der Waals surface area (Å²) in [7, 11) is 0. The van der Waals surface area contributed by atoms with Crippen molar-refractivity contribution in [1.82, 2.24) is 20.7 Å². The van der Waals surface area contributed by atoms with E-state index in [2.05, 4.69) is 16.0 Å². The number of carboxylic acid groups (broad SMARTS) is 1. The number of hydrogen-bond donors (Lipinski definition) is 4. The number of hydrogen-bond acceptors (Lipinski definition) is 6. The smallest absolute Gasteiger partial charge is 0.425 e. The molecule has 0 aliphatic rings. The zero-order valence-electron chi connectivity index (χ0n) is 18.7. The largest absolute Gasteiger partial charge is 0.464 e. The number of benzene rings is 3. The lowest BCUT2D eigenvalue weighted by Gasteiger charge is -2.12. The Morgan fingerprint density at radius 2 is 1.54 bits per heavy atom. The fourth-order valence-electron chi connectivity index (χ4n) is 3.53. The Hall–Kier alpha value is -5.23. The van der Waals surface area contributed by atoms with Crippen LogP contribution in [-0.2, 0) is 0 Å². The minimum absolute atomic E-state index is 0.0884. The Morgan fingerprint density at radius 1 is 0.892 bits per heavy atom. The van der Waals surface area contributed by atoms with Gasteiger partial charge in [-0.15, -0.1) is 0 Å². The highest BCUT2D eigenvalue weighted by Crippen LogP contribution is 2.35. The molecule has 0 atom stereocenters. The van der Waals surface area contributed by atoms with Crippen molar-refractivity contribution in [3.8, 4) is 22.4 Å². The van der Waals surface area contributed by atoms with Crippen molar-refractivity contribution in [2.45, 2.75) is 0 Å². The summed E-state index contributed by atoms with van der Waals surface area (Å²) in [4.78, 5) is 48.9. The molecule has 1 heterocycles. The Kier molecular flexibility index (Phi) is 7.11. The first-order valence-electron chi connectivity index (χ1n) is 10.5. The highest BCUT2D eigenvalue weighted by molar-refractivity contribution is 6.33. The Balaban J connectivity index is 1.83. The van der Waals surface area contributed by atoms with Crippen LogP contribution in [0.3, 0.4) is 0 Å². The predicted octanol–water partition coefficient (Wildman–Crippen LogP) is 4.08. The topological polar surface area (TPSA) is 168 Å². The van der Waals surface area contributed by atoms with Crippen LogP contribution in [0.4, 0.5) is 10.5 Å². The fourth-order valence-corrected chi connectivity index (χ4v) is 3.75. The zero-order chi connectivity index (χ0) is 26.5. The minimum Gasteiger partial charge on any atom is -0.464 e. The molecule has 4 aromatic rings. The molecule has 0 saturated heterocycles. The first kappa shape index (κ1) is 24.9. The Bertz CT molecular complexity index is 1520. The normalized spacial score (nSPS) is 10.4. The number of aromatic nitrogens is 2. The Labute approximate surface area is 213 Å². The monoisotopic (exact) mass is 520 g/mol. The van der Waals surface area contributed by atoms with E-state index in [1.807, 2.05) is 5.43 Å². The van der Waals surface area contributed by atoms with Gasteiger partial charge in [-0.1, -0.05) is 66.2 Å². The number of nitrogens with zero attached hydrogens (tertiary/aromatic N) is 3. The summed E-state index contributed by atoms with van der Waals surface area (Å²) in [6, 6.07) is 20.1. The number of nitro groups is 1. The lowest BCUT2D eigenvalue weighted by Crippen LogP contribution is -2.43. The van der Waals surface area contributed by atoms with E-state index in [0.29, 0.717) is 5.56 Å². The van der Waals surface area contributed by atoms with Gasteiger partial charge in [-0.25, -0.2) is 10.2 Å². The molecule has 4 N–H and O–H groups in total. The van der Waals surface area contributed by atoms with Crippen LogP contribution in [0.5, 0.6) is 0 Å². The summed E-state index contributed by atoms with van der Waals surface area (Å²) in [5.74, 6) is -1.68. The fraction of sp³-hybridized carbons (Fsp3) is 0. The van der Waals surface area contributed by atoms with Gasteiger partial charge in [0.05, 0.1) is 15.5 Å². The van der Waals surface area contributed by atoms with Crippen molar-refractivity contribution in [2.75, 3.05) is 5.43 Å². The number of nitrogens with one attached hydrogen (secondary N) is 3. The van der Waals surface area contributed by atoms with Crippen LogP contribution in [0, 0.1) is 10.1 Å². The molecule has 37 heavy (non-hydrogen) atoms. The lowest BCUT2D eigenvalue weighted by atomic mass is 9.98. The molecule has 0 aliphatic heterocycles. The molecule has 0 unspecified atom stereocenters. The molecule has 0 aliphatic carbocycles. The van der Waals surface area contributed by atoms with Crippen molar-refractivity contribution < 1.29 is 24.4 Å². The number of nitro benzene ring substituents is 1. The van der Waals surface area contributed by atoms with Gasteiger partial charge in [0.2, 0.25) is 0 Å². The van der Waals surface area contributed by atoms with Crippen LogP contribution in [0.15, 0.2) is 78.9 Å². The molecule has 0 bridgehead atoms. The summed E-state index contributed by atoms with van der Waals surface area (Å²) in [5, 5.41) is 25.2. The van der Waals surface area contributed by atoms with E-state index in [-0.39, 0.29) is 38.8 Å². The van der Waals surface area contributed by atoms with Gasteiger partial charge in [0.1, 0.15) is 5.69 Å². The second kappa shape index (κ2) is 10.6. The summed E-state index contributed by atoms with van der Waals surface area (Å²) in [6.45, 7) is 0. The van der Waals surface area contributed by atoms with E-state index in [1.165, 1.54) is 36.4 Å². The maximum absolute atomic E-state index is 13.3. The van der Waals surface area contributed by atoms with Gasteiger partial charge in [0.25, 0.3) is 17.5 Å². The average molecular weight is 521 g/mol. The number of amides is 3. The molecule has 13 heteroatoms. The number of hydrazine groups is 1. The van der Waals surface area contributed by atoms with Gasteiger partial charge in [-0.05, 0) is 17.7 Å². The standard InChI is InChI=1S/C24H17ClN6O6/c25-18-12-5-4-11-17(18)22(32)26-27-23(33)21-19(15-9-6-10-16(13-15)31(36)37)20(14-7-2-1-3-8-14)28-30(21)29-24(34)35/h1-13,29H,(H,26,32)(H,27,33)(H,34,35). The number of halogens is 1. The summed E-state index contributed by atoms with van der Waals surface area (Å²) >= 11 is 6.03. The molecule has 12 nitrogen and oxygen atoms in total. The second-order valence-corrected chi connectivity index (χ2v) is 7.87. The van der Waals surface area contributed by atoms with Crippen LogP contribution in [0.2, 0.25) is 5.02 Å². The van der Waals surface area contributed by atoms with Gasteiger partial charge >= 0.3 is 6.09 Å². The molecule has 186 valence electrons. The molecular formula is C24H17ClN6O6. The number of rotatable bonds is 6. The van der Waals surface area contributed by atoms with E-state index in [4.69, 9.17) is 11.6 Å². The Morgan fingerprint density at radius 3 is 2.22 bits per heavy atom. The maximum atomic E-state index is 13.3. The van der Waals surface area contributed by atoms with E-state index in [0.717, 1.165) is 4.79 Å². The predicted molar refractivity (Wildman–Crippen MR) is 134 cm³/mol. The van der Waals surface area contributed by atoms with Crippen LogP contribution in [0.25, 0.3) is 22.4 Å². The van der Waals surface area contributed by atoms with Crippen molar-refractivity contribution >= 4 is 35.2 Å². The van der Waals surface area contributed by atoms with Gasteiger partial charge in [0.15, 0.2) is 5.69 Å². The quantitative estimate of drug-likeness (QED) is 0.219. The van der Waals surface area contributed by atoms with Crippen LogP contribution >= 0.6 is 11.6 Å². The van der Waals surface area contributed by atoms with Gasteiger partial charge < -0.3 is 5.11 Å². The number of carbonyl (C=O) groups excluding carboxylic acids is 2. The SMILES string of the molecule is O=C(O)Nn1nc(-c2ccccc2)c(-c2cccc([N+](=O)[O-])c2)c1C(=O)NNC(=O)c1ccccc1Cl. The third kappa shape index (κ3) is 5.39. The number of carbonyl (C=O) groups is 3. The summed E-state index contributed by atoms with van der Waals surface area (Å²) in [5.41, 5.74) is 6.94. The van der Waals surface area contributed by atoms with Crippen molar-refractivity contribution in [2.24, 2.45) is 0 Å². The van der Waals surface area contributed by atoms with E-state index < -0.39 is 22.8 Å². The molecule has 0 radical (unpaired) electrons. The molecule has 1 aromatic heterocycles. The minimum atomic E-state index is -1.53. The zero-order valence-corrected chi connectivity index (χ0v) is 19.5. The summed E-state index contributed by atoms with van der Waals surface area (Å²) in [6.07, 6.45) is -1.53. The molecule has 0 fully saturated rings. The highest BCUT2D eigenvalue weighted by Gasteiger charge is 2.28. The van der Waals surface area contributed by atoms with Crippen LogP contribution in [-0.4, -0.2) is 37.8 Å². The second-order valence-electron chi connectivity index (χ2n) is 7.46. The summed E-state index contributed by atoms with van der Waals surface area (Å²) < 4.78 is 0.